The zero-order valence-corrected chi connectivity index (χ0v) is 14.8. The van der Waals surface area contributed by atoms with Crippen molar-refractivity contribution in [1.82, 2.24) is 24.3 Å². The van der Waals surface area contributed by atoms with Crippen LogP contribution in [-0.2, 0) is 19.6 Å². The number of amides is 1. The van der Waals surface area contributed by atoms with Crippen LogP contribution in [0.15, 0.2) is 23.0 Å². The van der Waals surface area contributed by atoms with Crippen LogP contribution >= 0.6 is 11.3 Å². The Morgan fingerprint density at radius 3 is 2.79 bits per heavy atom. The quantitative estimate of drug-likeness (QED) is 0.842. The Morgan fingerprint density at radius 1 is 1.21 bits per heavy atom. The summed E-state index contributed by atoms with van der Waals surface area (Å²) in [5, 5.41) is 3.87. The summed E-state index contributed by atoms with van der Waals surface area (Å²) in [6.07, 6.45) is 1.99. The molecule has 2 aliphatic rings. The molecular formula is C17H23N5OS. The van der Waals surface area contributed by atoms with Crippen molar-refractivity contribution in [2.75, 3.05) is 39.8 Å². The average Bonchev–Trinajstić information content (AvgIpc) is 3.26. The Bertz CT molecular complexity index is 703. The number of carbonyl (C=O) groups excluding carboxylic acids is 1. The number of hydrogen-bond donors (Lipinski definition) is 0. The molecule has 4 rings (SSSR count). The Hall–Kier alpha value is -1.70. The normalized spacial score (nSPS) is 19.5. The van der Waals surface area contributed by atoms with Crippen molar-refractivity contribution in [1.29, 1.82) is 0 Å². The van der Waals surface area contributed by atoms with Crippen molar-refractivity contribution in [3.05, 3.63) is 40.1 Å². The Balaban J connectivity index is 1.43. The maximum atomic E-state index is 12.5. The van der Waals surface area contributed by atoms with E-state index in [1.807, 2.05) is 27.9 Å². The molecule has 2 aromatic rings. The zero-order valence-electron chi connectivity index (χ0n) is 14.0. The molecule has 1 fully saturated rings. The second-order valence-corrected chi connectivity index (χ2v) is 7.42. The van der Waals surface area contributed by atoms with E-state index in [0.29, 0.717) is 6.54 Å². The molecule has 1 saturated heterocycles. The number of nitrogens with zero attached hydrogens (tertiary/aromatic N) is 5. The van der Waals surface area contributed by atoms with Gasteiger partial charge in [-0.1, -0.05) is 0 Å². The summed E-state index contributed by atoms with van der Waals surface area (Å²) < 4.78 is 2.30. The molecule has 2 aromatic heterocycles. The van der Waals surface area contributed by atoms with Gasteiger partial charge in [0.05, 0.1) is 17.8 Å². The maximum absolute atomic E-state index is 12.5. The van der Waals surface area contributed by atoms with E-state index in [4.69, 9.17) is 0 Å². The molecule has 0 bridgehead atoms. The number of fused-ring (bicyclic) bond motifs is 1. The highest BCUT2D eigenvalue weighted by atomic mass is 32.1. The number of carbonyl (C=O) groups is 1. The van der Waals surface area contributed by atoms with E-state index >= 15 is 0 Å². The molecule has 2 aliphatic heterocycles. The molecule has 0 spiro atoms. The van der Waals surface area contributed by atoms with Crippen molar-refractivity contribution < 1.29 is 4.79 Å². The predicted octanol–water partition coefficient (Wildman–Crippen LogP) is 1.35. The van der Waals surface area contributed by atoms with Gasteiger partial charge in [-0.15, -0.1) is 0 Å². The third kappa shape index (κ3) is 3.11. The first-order valence-electron chi connectivity index (χ1n) is 8.46. The molecule has 128 valence electrons. The van der Waals surface area contributed by atoms with Crippen LogP contribution in [0.2, 0.25) is 0 Å². The highest BCUT2D eigenvalue weighted by molar-refractivity contribution is 7.08. The first kappa shape index (κ1) is 15.8. The second-order valence-electron chi connectivity index (χ2n) is 6.64. The number of hydrogen-bond acceptors (Lipinski definition) is 5. The van der Waals surface area contributed by atoms with Gasteiger partial charge in [-0.25, -0.2) is 4.98 Å². The van der Waals surface area contributed by atoms with Gasteiger partial charge in [-0.3, -0.25) is 9.69 Å². The first-order chi connectivity index (χ1) is 11.7. The number of imidazole rings is 1. The average molecular weight is 345 g/mol. The minimum absolute atomic E-state index is 0.117. The lowest BCUT2D eigenvalue weighted by atomic mass is 10.2. The Labute approximate surface area is 146 Å². The SMILES string of the molecule is CN1CCN(Cc2cnc3n2CCN(C(=O)c2ccsc2)C3)CC1. The summed E-state index contributed by atoms with van der Waals surface area (Å²) in [5.74, 6) is 1.13. The van der Waals surface area contributed by atoms with Crippen LogP contribution in [0.5, 0.6) is 0 Å². The van der Waals surface area contributed by atoms with Gasteiger partial charge in [0.15, 0.2) is 0 Å². The number of likely N-dealkylation sites (N-methyl/N-ethyl adjacent to an activating group) is 1. The van der Waals surface area contributed by atoms with Gasteiger partial charge in [0.2, 0.25) is 0 Å². The minimum atomic E-state index is 0.117. The molecule has 7 heteroatoms. The van der Waals surface area contributed by atoms with Gasteiger partial charge < -0.3 is 14.4 Å². The summed E-state index contributed by atoms with van der Waals surface area (Å²) in [5.41, 5.74) is 2.06. The minimum Gasteiger partial charge on any atom is -0.329 e. The number of piperazine rings is 1. The summed E-state index contributed by atoms with van der Waals surface area (Å²) in [6.45, 7) is 7.65. The summed E-state index contributed by atoms with van der Waals surface area (Å²) in [6, 6.07) is 1.90. The van der Waals surface area contributed by atoms with Crippen molar-refractivity contribution in [2.45, 2.75) is 19.6 Å². The predicted molar refractivity (Wildman–Crippen MR) is 94.1 cm³/mol. The van der Waals surface area contributed by atoms with Crippen LogP contribution in [0.4, 0.5) is 0 Å². The lowest BCUT2D eigenvalue weighted by Gasteiger charge is -2.33. The van der Waals surface area contributed by atoms with Crippen LogP contribution in [0.25, 0.3) is 0 Å². The van der Waals surface area contributed by atoms with E-state index in [1.54, 1.807) is 11.3 Å². The standard InChI is InChI=1S/C17H23N5OS/c1-19-3-5-20(6-4-19)11-15-10-18-16-12-21(7-8-22(15)16)17(23)14-2-9-24-13-14/h2,9-10,13H,3-8,11-12H2,1H3. The molecule has 0 saturated carbocycles. The van der Waals surface area contributed by atoms with Crippen molar-refractivity contribution in [2.24, 2.45) is 0 Å². The van der Waals surface area contributed by atoms with Crippen molar-refractivity contribution >= 4 is 17.2 Å². The van der Waals surface area contributed by atoms with Gasteiger partial charge >= 0.3 is 0 Å². The molecule has 0 radical (unpaired) electrons. The van der Waals surface area contributed by atoms with E-state index in [0.717, 1.165) is 57.2 Å². The summed E-state index contributed by atoms with van der Waals surface area (Å²) in [7, 11) is 2.18. The highest BCUT2D eigenvalue weighted by Gasteiger charge is 2.25. The zero-order chi connectivity index (χ0) is 16.5. The fourth-order valence-electron chi connectivity index (χ4n) is 3.43. The highest BCUT2D eigenvalue weighted by Crippen LogP contribution is 2.19. The van der Waals surface area contributed by atoms with E-state index in [9.17, 15) is 4.79 Å². The summed E-state index contributed by atoms with van der Waals surface area (Å²) in [4.78, 5) is 23.9. The number of thiophene rings is 1. The van der Waals surface area contributed by atoms with Crippen LogP contribution in [0.1, 0.15) is 21.9 Å². The first-order valence-corrected chi connectivity index (χ1v) is 9.40. The molecule has 0 aliphatic carbocycles. The fourth-order valence-corrected chi connectivity index (χ4v) is 4.06. The second kappa shape index (κ2) is 6.66. The molecule has 24 heavy (non-hydrogen) atoms. The molecule has 1 amide bonds. The molecule has 0 atom stereocenters. The smallest absolute Gasteiger partial charge is 0.255 e. The molecule has 6 nitrogen and oxygen atoms in total. The third-order valence-electron chi connectivity index (χ3n) is 4.98. The van der Waals surface area contributed by atoms with E-state index < -0.39 is 0 Å². The van der Waals surface area contributed by atoms with Crippen molar-refractivity contribution in [3.8, 4) is 0 Å². The molecule has 0 aromatic carbocycles. The lowest BCUT2D eigenvalue weighted by Crippen LogP contribution is -2.44. The van der Waals surface area contributed by atoms with Gasteiger partial charge in [0.1, 0.15) is 5.82 Å². The van der Waals surface area contributed by atoms with E-state index in [-0.39, 0.29) is 5.91 Å². The largest absolute Gasteiger partial charge is 0.329 e. The summed E-state index contributed by atoms with van der Waals surface area (Å²) >= 11 is 1.56. The van der Waals surface area contributed by atoms with Gasteiger partial charge in [0, 0.05) is 57.4 Å². The van der Waals surface area contributed by atoms with Crippen LogP contribution < -0.4 is 0 Å². The van der Waals surface area contributed by atoms with E-state index in [2.05, 4.69) is 26.4 Å². The Morgan fingerprint density at radius 2 is 2.04 bits per heavy atom. The topological polar surface area (TPSA) is 44.6 Å². The van der Waals surface area contributed by atoms with Crippen LogP contribution in [-0.4, -0.2) is 69.9 Å². The lowest BCUT2D eigenvalue weighted by molar-refractivity contribution is 0.0705. The molecular weight excluding hydrogens is 322 g/mol. The van der Waals surface area contributed by atoms with Crippen LogP contribution in [0.3, 0.4) is 0 Å². The van der Waals surface area contributed by atoms with Gasteiger partial charge in [0.25, 0.3) is 5.91 Å². The third-order valence-corrected chi connectivity index (χ3v) is 5.67. The number of rotatable bonds is 3. The number of aromatic nitrogens is 2. The van der Waals surface area contributed by atoms with Crippen molar-refractivity contribution in [3.63, 3.8) is 0 Å². The molecule has 4 heterocycles. The Kier molecular flexibility index (Phi) is 4.39. The fraction of sp³-hybridized carbons (Fsp3) is 0.529. The van der Waals surface area contributed by atoms with Gasteiger partial charge in [-0.2, -0.15) is 11.3 Å². The molecule has 0 N–H and O–H groups in total. The maximum Gasteiger partial charge on any atom is 0.255 e. The molecule has 0 unspecified atom stereocenters. The van der Waals surface area contributed by atoms with Gasteiger partial charge in [-0.05, 0) is 18.5 Å². The monoisotopic (exact) mass is 345 g/mol. The van der Waals surface area contributed by atoms with E-state index in [1.165, 1.54) is 5.69 Å². The van der Waals surface area contributed by atoms with Crippen LogP contribution in [0, 0.1) is 0 Å².